The van der Waals surface area contributed by atoms with Crippen LogP contribution in [0, 0.1) is 0 Å². The molecular weight excluding hydrogens is 266 g/mol. The zero-order valence-electron chi connectivity index (χ0n) is 12.5. The maximum absolute atomic E-state index is 6.03. The van der Waals surface area contributed by atoms with Crippen molar-refractivity contribution in [1.82, 2.24) is 19.7 Å². The van der Waals surface area contributed by atoms with Gasteiger partial charge in [-0.25, -0.2) is 9.97 Å². The third-order valence-electron chi connectivity index (χ3n) is 3.99. The van der Waals surface area contributed by atoms with E-state index in [0.717, 1.165) is 36.9 Å². The molecule has 112 valence electrons. The standard InChI is InChI=1S/C15H21N5O/c1-3-21-15(6-4-5-7-15)14-18-12(8-13(16)19-14)11-9-17-20(2)10-11/h8-10H,3-7H2,1-2H3,(H2,16,18,19). The number of ether oxygens (including phenoxy) is 1. The smallest absolute Gasteiger partial charge is 0.163 e. The van der Waals surface area contributed by atoms with Crippen molar-refractivity contribution in [2.24, 2.45) is 7.05 Å². The molecule has 0 aliphatic heterocycles. The molecule has 2 heterocycles. The molecule has 6 heteroatoms. The van der Waals surface area contributed by atoms with Gasteiger partial charge in [0.25, 0.3) is 0 Å². The summed E-state index contributed by atoms with van der Waals surface area (Å²) in [6, 6.07) is 1.79. The topological polar surface area (TPSA) is 78.9 Å². The summed E-state index contributed by atoms with van der Waals surface area (Å²) >= 11 is 0. The molecule has 0 saturated heterocycles. The first-order valence-corrected chi connectivity index (χ1v) is 7.41. The highest BCUT2D eigenvalue weighted by molar-refractivity contribution is 5.60. The van der Waals surface area contributed by atoms with Gasteiger partial charge in [-0.1, -0.05) is 0 Å². The number of aryl methyl sites for hydroxylation is 1. The Kier molecular flexibility index (Phi) is 3.63. The number of nitrogens with zero attached hydrogens (tertiary/aromatic N) is 4. The van der Waals surface area contributed by atoms with Crippen LogP contribution in [0.1, 0.15) is 38.4 Å². The Morgan fingerprint density at radius 1 is 1.33 bits per heavy atom. The number of aromatic nitrogens is 4. The molecule has 1 aliphatic rings. The zero-order valence-corrected chi connectivity index (χ0v) is 12.5. The molecule has 1 saturated carbocycles. The van der Waals surface area contributed by atoms with Crippen LogP contribution in [0.2, 0.25) is 0 Å². The van der Waals surface area contributed by atoms with Crippen LogP contribution in [0.5, 0.6) is 0 Å². The van der Waals surface area contributed by atoms with E-state index in [9.17, 15) is 0 Å². The zero-order chi connectivity index (χ0) is 14.9. The van der Waals surface area contributed by atoms with Crippen LogP contribution in [0.25, 0.3) is 11.3 Å². The average molecular weight is 287 g/mol. The Hall–Kier alpha value is -1.95. The molecule has 3 rings (SSSR count). The van der Waals surface area contributed by atoms with E-state index in [1.165, 1.54) is 0 Å². The van der Waals surface area contributed by atoms with Crippen LogP contribution in [-0.4, -0.2) is 26.4 Å². The lowest BCUT2D eigenvalue weighted by molar-refractivity contribution is -0.0455. The van der Waals surface area contributed by atoms with Crippen molar-refractivity contribution in [3.63, 3.8) is 0 Å². The van der Waals surface area contributed by atoms with E-state index in [1.54, 1.807) is 16.9 Å². The van der Waals surface area contributed by atoms with E-state index in [-0.39, 0.29) is 5.60 Å². The number of anilines is 1. The average Bonchev–Trinajstić information content (AvgIpc) is 3.08. The summed E-state index contributed by atoms with van der Waals surface area (Å²) in [7, 11) is 1.88. The number of hydrogen-bond acceptors (Lipinski definition) is 5. The van der Waals surface area contributed by atoms with E-state index in [4.69, 9.17) is 15.5 Å². The van der Waals surface area contributed by atoms with E-state index >= 15 is 0 Å². The summed E-state index contributed by atoms with van der Waals surface area (Å²) in [5.74, 6) is 1.19. The maximum Gasteiger partial charge on any atom is 0.163 e. The van der Waals surface area contributed by atoms with Gasteiger partial charge in [-0.2, -0.15) is 5.10 Å². The van der Waals surface area contributed by atoms with Crippen LogP contribution in [0.4, 0.5) is 5.82 Å². The Morgan fingerprint density at radius 3 is 2.71 bits per heavy atom. The van der Waals surface area contributed by atoms with Gasteiger partial charge in [0, 0.05) is 31.5 Å². The maximum atomic E-state index is 6.03. The highest BCUT2D eigenvalue weighted by Crippen LogP contribution is 2.41. The summed E-state index contributed by atoms with van der Waals surface area (Å²) < 4.78 is 7.78. The van der Waals surface area contributed by atoms with Crippen molar-refractivity contribution in [3.8, 4) is 11.3 Å². The van der Waals surface area contributed by atoms with Crippen LogP contribution in [0.15, 0.2) is 18.5 Å². The van der Waals surface area contributed by atoms with Crippen LogP contribution < -0.4 is 5.73 Å². The molecule has 0 bridgehead atoms. The minimum Gasteiger partial charge on any atom is -0.384 e. The van der Waals surface area contributed by atoms with Gasteiger partial charge in [0.05, 0.1) is 11.9 Å². The van der Waals surface area contributed by atoms with Crippen molar-refractivity contribution in [3.05, 3.63) is 24.3 Å². The monoisotopic (exact) mass is 287 g/mol. The molecule has 2 aromatic rings. The number of nitrogens with two attached hydrogens (primary N) is 1. The highest BCUT2D eigenvalue weighted by atomic mass is 16.5. The molecule has 1 fully saturated rings. The van der Waals surface area contributed by atoms with Gasteiger partial charge in [-0.05, 0) is 32.6 Å². The summed E-state index contributed by atoms with van der Waals surface area (Å²) in [6.45, 7) is 2.66. The summed E-state index contributed by atoms with van der Waals surface area (Å²) in [6.07, 6.45) is 7.90. The Balaban J connectivity index is 2.04. The molecule has 0 spiro atoms. The fraction of sp³-hybridized carbons (Fsp3) is 0.533. The molecule has 2 aromatic heterocycles. The summed E-state index contributed by atoms with van der Waals surface area (Å²) in [5.41, 5.74) is 7.36. The largest absolute Gasteiger partial charge is 0.384 e. The molecule has 6 nitrogen and oxygen atoms in total. The molecule has 0 aromatic carbocycles. The van der Waals surface area contributed by atoms with Gasteiger partial charge in [0.2, 0.25) is 0 Å². The quantitative estimate of drug-likeness (QED) is 0.933. The second-order valence-electron chi connectivity index (χ2n) is 5.54. The second-order valence-corrected chi connectivity index (χ2v) is 5.54. The lowest BCUT2D eigenvalue weighted by Crippen LogP contribution is -2.29. The number of rotatable bonds is 4. The van der Waals surface area contributed by atoms with Crippen LogP contribution in [0.3, 0.4) is 0 Å². The van der Waals surface area contributed by atoms with Gasteiger partial charge in [-0.15, -0.1) is 0 Å². The first-order valence-electron chi connectivity index (χ1n) is 7.41. The molecule has 0 radical (unpaired) electrons. The SMILES string of the molecule is CCOC1(c2nc(N)cc(-c3cnn(C)c3)n2)CCCC1. The lowest BCUT2D eigenvalue weighted by atomic mass is 10.0. The predicted octanol–water partition coefficient (Wildman–Crippen LogP) is 2.27. The molecule has 0 unspecified atom stereocenters. The van der Waals surface area contributed by atoms with Gasteiger partial charge < -0.3 is 10.5 Å². The first kappa shape index (κ1) is 14.0. The minimum atomic E-state index is -0.374. The Morgan fingerprint density at radius 2 is 2.10 bits per heavy atom. The number of hydrogen-bond donors (Lipinski definition) is 1. The highest BCUT2D eigenvalue weighted by Gasteiger charge is 2.39. The van der Waals surface area contributed by atoms with Crippen molar-refractivity contribution in [2.75, 3.05) is 12.3 Å². The second kappa shape index (κ2) is 5.44. The summed E-state index contributed by atoms with van der Waals surface area (Å²) in [5, 5.41) is 4.19. The normalized spacial score (nSPS) is 17.2. The van der Waals surface area contributed by atoms with Gasteiger partial charge >= 0.3 is 0 Å². The molecule has 1 aliphatic carbocycles. The van der Waals surface area contributed by atoms with Crippen molar-refractivity contribution < 1.29 is 4.74 Å². The third kappa shape index (κ3) is 2.63. The van der Waals surface area contributed by atoms with Crippen LogP contribution >= 0.6 is 0 Å². The van der Waals surface area contributed by atoms with E-state index in [1.807, 2.05) is 20.2 Å². The lowest BCUT2D eigenvalue weighted by Gasteiger charge is -2.27. The van der Waals surface area contributed by atoms with Crippen molar-refractivity contribution in [1.29, 1.82) is 0 Å². The van der Waals surface area contributed by atoms with Gasteiger partial charge in [0.1, 0.15) is 11.4 Å². The molecule has 0 atom stereocenters. The van der Waals surface area contributed by atoms with E-state index < -0.39 is 0 Å². The van der Waals surface area contributed by atoms with E-state index in [0.29, 0.717) is 18.2 Å². The van der Waals surface area contributed by atoms with E-state index in [2.05, 4.69) is 10.1 Å². The Labute approximate surface area is 124 Å². The fourth-order valence-electron chi connectivity index (χ4n) is 3.03. The van der Waals surface area contributed by atoms with Crippen molar-refractivity contribution in [2.45, 2.75) is 38.2 Å². The van der Waals surface area contributed by atoms with Gasteiger partial charge in [0.15, 0.2) is 5.82 Å². The number of nitrogen functional groups attached to an aromatic ring is 1. The molecule has 0 amide bonds. The third-order valence-corrected chi connectivity index (χ3v) is 3.99. The van der Waals surface area contributed by atoms with Crippen LogP contribution in [-0.2, 0) is 17.4 Å². The summed E-state index contributed by atoms with van der Waals surface area (Å²) in [4.78, 5) is 9.17. The van der Waals surface area contributed by atoms with Gasteiger partial charge in [-0.3, -0.25) is 4.68 Å². The minimum absolute atomic E-state index is 0.374. The molecular formula is C15H21N5O. The molecule has 2 N–H and O–H groups in total. The Bertz CT molecular complexity index is 631. The van der Waals surface area contributed by atoms with Crippen molar-refractivity contribution >= 4 is 5.82 Å². The predicted molar refractivity (Wildman–Crippen MR) is 80.4 cm³/mol. The first-order chi connectivity index (χ1) is 10.1. The fourth-order valence-corrected chi connectivity index (χ4v) is 3.03. The molecule has 21 heavy (non-hydrogen) atoms.